The minimum atomic E-state index is -1.63. The standard InChI is InChI=1S/C15H11BrCl3NOS/c16-11-8-6-10(7-9-11)13(21)20-14(15(17,18)19)22-12-4-2-1-3-5-12/h1-9,14H,(H,20,21)/t14-/m0/s1. The lowest BCUT2D eigenvalue weighted by Gasteiger charge is -2.25. The summed E-state index contributed by atoms with van der Waals surface area (Å²) in [6, 6.07) is 16.4. The van der Waals surface area contributed by atoms with Crippen LogP contribution in [0, 0.1) is 0 Å². The van der Waals surface area contributed by atoms with E-state index in [2.05, 4.69) is 21.2 Å². The molecule has 22 heavy (non-hydrogen) atoms. The lowest BCUT2D eigenvalue weighted by Crippen LogP contribution is -2.41. The number of hydrogen-bond donors (Lipinski definition) is 1. The molecule has 0 aliphatic heterocycles. The second-order valence-corrected chi connectivity index (χ2v) is 8.80. The summed E-state index contributed by atoms with van der Waals surface area (Å²) in [6.07, 6.45) is 0. The van der Waals surface area contributed by atoms with Crippen LogP contribution < -0.4 is 5.32 Å². The topological polar surface area (TPSA) is 29.1 Å². The molecule has 2 aromatic carbocycles. The van der Waals surface area contributed by atoms with Crippen LogP contribution >= 0.6 is 62.5 Å². The van der Waals surface area contributed by atoms with Crippen LogP contribution in [0.3, 0.4) is 0 Å². The molecule has 0 bridgehead atoms. The SMILES string of the molecule is O=C(N[C@@H](Sc1ccccc1)C(Cl)(Cl)Cl)c1ccc(Br)cc1. The van der Waals surface area contributed by atoms with Crippen LogP contribution in [0.2, 0.25) is 0 Å². The Morgan fingerprint density at radius 1 is 1.05 bits per heavy atom. The van der Waals surface area contributed by atoms with E-state index in [0.29, 0.717) is 5.56 Å². The molecule has 0 saturated heterocycles. The molecule has 1 amide bonds. The second kappa shape index (κ2) is 7.93. The Morgan fingerprint density at radius 3 is 2.18 bits per heavy atom. The average Bonchev–Trinajstić information content (AvgIpc) is 2.47. The third-order valence-corrected chi connectivity index (χ3v) is 5.49. The smallest absolute Gasteiger partial charge is 0.252 e. The molecule has 2 nitrogen and oxygen atoms in total. The molecule has 0 fully saturated rings. The number of halogens is 4. The van der Waals surface area contributed by atoms with Crippen molar-refractivity contribution in [2.45, 2.75) is 14.1 Å². The second-order valence-electron chi connectivity index (χ2n) is 4.33. The van der Waals surface area contributed by atoms with Gasteiger partial charge in [-0.25, -0.2) is 0 Å². The lowest BCUT2D eigenvalue weighted by molar-refractivity contribution is 0.0950. The van der Waals surface area contributed by atoms with Crippen molar-refractivity contribution in [3.63, 3.8) is 0 Å². The number of thioether (sulfide) groups is 1. The molecule has 0 radical (unpaired) electrons. The molecule has 2 rings (SSSR count). The van der Waals surface area contributed by atoms with Crippen molar-refractivity contribution in [1.82, 2.24) is 5.32 Å². The molecule has 0 aromatic heterocycles. The van der Waals surface area contributed by atoms with E-state index in [0.717, 1.165) is 9.37 Å². The lowest BCUT2D eigenvalue weighted by atomic mass is 10.2. The van der Waals surface area contributed by atoms with E-state index < -0.39 is 9.17 Å². The van der Waals surface area contributed by atoms with Crippen LogP contribution in [0.1, 0.15) is 10.4 Å². The van der Waals surface area contributed by atoms with Crippen molar-refractivity contribution in [2.24, 2.45) is 0 Å². The first-order chi connectivity index (χ1) is 10.4. The van der Waals surface area contributed by atoms with Gasteiger partial charge in [0.05, 0.1) is 0 Å². The minimum Gasteiger partial charge on any atom is -0.336 e. The summed E-state index contributed by atoms with van der Waals surface area (Å²) in [7, 11) is 0. The number of rotatable bonds is 4. The quantitative estimate of drug-likeness (QED) is 0.378. The molecule has 0 aliphatic rings. The van der Waals surface area contributed by atoms with Crippen molar-refractivity contribution in [3.05, 3.63) is 64.6 Å². The summed E-state index contributed by atoms with van der Waals surface area (Å²) in [4.78, 5) is 13.2. The number of carbonyl (C=O) groups is 1. The molecule has 2 aromatic rings. The van der Waals surface area contributed by atoms with E-state index in [4.69, 9.17) is 34.8 Å². The van der Waals surface area contributed by atoms with Crippen molar-refractivity contribution in [1.29, 1.82) is 0 Å². The first-order valence-electron chi connectivity index (χ1n) is 6.21. The molecule has 0 heterocycles. The summed E-state index contributed by atoms with van der Waals surface area (Å²) in [5.74, 6) is -0.299. The zero-order valence-electron chi connectivity index (χ0n) is 11.1. The molecular weight excluding hydrogens is 429 g/mol. The van der Waals surface area contributed by atoms with E-state index in [1.165, 1.54) is 11.8 Å². The molecular formula is C15H11BrCl3NOS. The van der Waals surface area contributed by atoms with Crippen LogP contribution in [0.5, 0.6) is 0 Å². The average molecular weight is 440 g/mol. The number of alkyl halides is 3. The van der Waals surface area contributed by atoms with Gasteiger partial charge in [-0.3, -0.25) is 4.79 Å². The first-order valence-corrected chi connectivity index (χ1v) is 9.02. The Labute approximate surface area is 156 Å². The maximum Gasteiger partial charge on any atom is 0.252 e. The summed E-state index contributed by atoms with van der Waals surface area (Å²) >= 11 is 22.6. The molecule has 0 saturated carbocycles. The van der Waals surface area contributed by atoms with Crippen molar-refractivity contribution in [3.8, 4) is 0 Å². The van der Waals surface area contributed by atoms with Crippen LogP contribution in [0.25, 0.3) is 0 Å². The number of nitrogens with one attached hydrogen (secondary N) is 1. The predicted molar refractivity (Wildman–Crippen MR) is 98.0 cm³/mol. The zero-order chi connectivity index (χ0) is 16.2. The van der Waals surface area contributed by atoms with E-state index in [-0.39, 0.29) is 5.91 Å². The normalized spacial score (nSPS) is 12.7. The van der Waals surface area contributed by atoms with Crippen LogP contribution in [-0.2, 0) is 0 Å². The van der Waals surface area contributed by atoms with Gasteiger partial charge in [-0.15, -0.1) is 0 Å². The Kier molecular flexibility index (Phi) is 6.47. The number of amides is 1. The molecule has 7 heteroatoms. The summed E-state index contributed by atoms with van der Waals surface area (Å²) in [6.45, 7) is 0. The highest BCUT2D eigenvalue weighted by Crippen LogP contribution is 2.39. The van der Waals surface area contributed by atoms with E-state index >= 15 is 0 Å². The van der Waals surface area contributed by atoms with Crippen LogP contribution in [-0.4, -0.2) is 15.1 Å². The first kappa shape index (κ1) is 18.0. The number of benzene rings is 2. The number of carbonyl (C=O) groups excluding carboxylic acids is 1. The van der Waals surface area contributed by atoms with Gasteiger partial charge in [0.15, 0.2) is 0 Å². The largest absolute Gasteiger partial charge is 0.336 e. The summed E-state index contributed by atoms with van der Waals surface area (Å²) in [5, 5.41) is 2.04. The van der Waals surface area contributed by atoms with E-state index in [1.807, 2.05) is 30.3 Å². The Balaban J connectivity index is 2.13. The van der Waals surface area contributed by atoms with Gasteiger partial charge >= 0.3 is 0 Å². The molecule has 0 spiro atoms. The van der Waals surface area contributed by atoms with Crippen LogP contribution in [0.15, 0.2) is 64.0 Å². The summed E-state index contributed by atoms with van der Waals surface area (Å²) in [5.41, 5.74) is 0.496. The van der Waals surface area contributed by atoms with E-state index in [1.54, 1.807) is 24.3 Å². The van der Waals surface area contributed by atoms with E-state index in [9.17, 15) is 4.79 Å². The van der Waals surface area contributed by atoms with Gasteiger partial charge in [-0.05, 0) is 36.4 Å². The Hall–Kier alpha value is -0.390. The van der Waals surface area contributed by atoms with Gasteiger partial charge in [0.25, 0.3) is 5.91 Å². The maximum atomic E-state index is 12.3. The molecule has 1 N–H and O–H groups in total. The third kappa shape index (κ3) is 5.36. The predicted octanol–water partition coefficient (Wildman–Crippen LogP) is 5.67. The van der Waals surface area contributed by atoms with Gasteiger partial charge in [0.2, 0.25) is 3.79 Å². The van der Waals surface area contributed by atoms with Gasteiger partial charge < -0.3 is 5.32 Å². The molecule has 0 aliphatic carbocycles. The van der Waals surface area contributed by atoms with Gasteiger partial charge in [0, 0.05) is 14.9 Å². The Bertz CT molecular complexity index is 631. The minimum absolute atomic E-state index is 0.299. The Morgan fingerprint density at radius 2 is 1.64 bits per heavy atom. The van der Waals surface area contributed by atoms with Crippen molar-refractivity contribution >= 4 is 68.4 Å². The highest BCUT2D eigenvalue weighted by molar-refractivity contribution is 9.10. The molecule has 0 unspecified atom stereocenters. The highest BCUT2D eigenvalue weighted by Gasteiger charge is 2.35. The van der Waals surface area contributed by atoms with Gasteiger partial charge in [0.1, 0.15) is 5.37 Å². The number of hydrogen-bond acceptors (Lipinski definition) is 2. The molecule has 116 valence electrons. The monoisotopic (exact) mass is 437 g/mol. The van der Waals surface area contributed by atoms with Crippen LogP contribution in [0.4, 0.5) is 0 Å². The zero-order valence-corrected chi connectivity index (χ0v) is 15.8. The van der Waals surface area contributed by atoms with Gasteiger partial charge in [-0.2, -0.15) is 0 Å². The highest BCUT2D eigenvalue weighted by atomic mass is 79.9. The third-order valence-electron chi connectivity index (χ3n) is 2.66. The fourth-order valence-electron chi connectivity index (χ4n) is 1.62. The maximum absolute atomic E-state index is 12.3. The van der Waals surface area contributed by atoms with Gasteiger partial charge in [-0.1, -0.05) is 80.7 Å². The van der Waals surface area contributed by atoms with Crippen molar-refractivity contribution in [2.75, 3.05) is 0 Å². The van der Waals surface area contributed by atoms with Crippen molar-refractivity contribution < 1.29 is 4.79 Å². The fraction of sp³-hybridized carbons (Fsp3) is 0.133. The fourth-order valence-corrected chi connectivity index (χ4v) is 3.33. The summed E-state index contributed by atoms with van der Waals surface area (Å²) < 4.78 is -0.744. The molecule has 1 atom stereocenters.